The van der Waals surface area contributed by atoms with Gasteiger partial charge in [0, 0.05) is 23.8 Å². The van der Waals surface area contributed by atoms with Crippen molar-refractivity contribution in [1.82, 2.24) is 4.90 Å². The third-order valence-corrected chi connectivity index (χ3v) is 6.14. The average Bonchev–Trinajstić information content (AvgIpc) is 2.98. The van der Waals surface area contributed by atoms with Crippen molar-refractivity contribution in [3.8, 4) is 0 Å². The van der Waals surface area contributed by atoms with Crippen LogP contribution in [0.2, 0.25) is 0 Å². The minimum absolute atomic E-state index is 0.00802. The normalized spacial score (nSPS) is 19.3. The average molecular weight is 438 g/mol. The molecule has 7 heteroatoms. The number of anilines is 2. The van der Waals surface area contributed by atoms with Gasteiger partial charge in [0.15, 0.2) is 0 Å². The largest absolute Gasteiger partial charge is 0.350 e. The molecule has 0 saturated carbocycles. The van der Waals surface area contributed by atoms with Crippen LogP contribution < -0.4 is 10.2 Å². The highest BCUT2D eigenvalue weighted by atomic mass is 35.5. The van der Waals surface area contributed by atoms with E-state index in [1.54, 1.807) is 36.4 Å². The van der Waals surface area contributed by atoms with E-state index in [0.717, 1.165) is 36.3 Å². The highest BCUT2D eigenvalue weighted by Crippen LogP contribution is 2.30. The predicted octanol–water partition coefficient (Wildman–Crippen LogP) is 4.45. The molecule has 1 N–H and O–H groups in total. The molecule has 2 aromatic carbocycles. The van der Waals surface area contributed by atoms with Crippen molar-refractivity contribution in [3.05, 3.63) is 70.4 Å². The van der Waals surface area contributed by atoms with E-state index < -0.39 is 11.8 Å². The minimum Gasteiger partial charge on any atom is -0.350 e. The van der Waals surface area contributed by atoms with Crippen molar-refractivity contribution in [3.63, 3.8) is 0 Å². The number of rotatable bonds is 4. The molecule has 31 heavy (non-hydrogen) atoms. The summed E-state index contributed by atoms with van der Waals surface area (Å²) in [5.74, 6) is -1.07. The molecule has 2 aliphatic heterocycles. The molecule has 0 radical (unpaired) electrons. The molecule has 3 amide bonds. The third kappa shape index (κ3) is 4.08. The quantitative estimate of drug-likeness (QED) is 0.717. The van der Waals surface area contributed by atoms with Crippen LogP contribution in [0, 0.1) is 6.92 Å². The van der Waals surface area contributed by atoms with Gasteiger partial charge in [-0.05, 0) is 69.5 Å². The second-order valence-corrected chi connectivity index (χ2v) is 8.39. The van der Waals surface area contributed by atoms with Gasteiger partial charge >= 0.3 is 0 Å². The van der Waals surface area contributed by atoms with Gasteiger partial charge in [-0.2, -0.15) is 0 Å². The summed E-state index contributed by atoms with van der Waals surface area (Å²) in [7, 11) is 0. The lowest BCUT2D eigenvalue weighted by Gasteiger charge is -2.33. The van der Waals surface area contributed by atoms with Crippen LogP contribution in [0.3, 0.4) is 0 Å². The predicted molar refractivity (Wildman–Crippen MR) is 121 cm³/mol. The summed E-state index contributed by atoms with van der Waals surface area (Å²) in [6.45, 7) is 4.77. The Hall–Kier alpha value is -3.12. The Labute approximate surface area is 186 Å². The van der Waals surface area contributed by atoms with E-state index in [9.17, 15) is 14.4 Å². The zero-order valence-electron chi connectivity index (χ0n) is 17.5. The third-order valence-electron chi connectivity index (χ3n) is 5.78. The first kappa shape index (κ1) is 21.1. The monoisotopic (exact) mass is 437 g/mol. The van der Waals surface area contributed by atoms with Crippen LogP contribution in [0.4, 0.5) is 11.4 Å². The van der Waals surface area contributed by atoms with Gasteiger partial charge in [0.25, 0.3) is 17.7 Å². The Kier molecular flexibility index (Phi) is 5.83. The summed E-state index contributed by atoms with van der Waals surface area (Å²) in [6.07, 6.45) is 3.19. The van der Waals surface area contributed by atoms with Gasteiger partial charge in [0.05, 0.1) is 5.69 Å². The second kappa shape index (κ2) is 8.55. The summed E-state index contributed by atoms with van der Waals surface area (Å²) in [5.41, 5.74) is 2.68. The molecular weight excluding hydrogens is 414 g/mol. The van der Waals surface area contributed by atoms with Crippen molar-refractivity contribution < 1.29 is 14.4 Å². The molecule has 0 bridgehead atoms. The van der Waals surface area contributed by atoms with E-state index in [1.165, 1.54) is 0 Å². The summed E-state index contributed by atoms with van der Waals surface area (Å²) in [6, 6.07) is 14.2. The van der Waals surface area contributed by atoms with Crippen molar-refractivity contribution in [2.45, 2.75) is 39.2 Å². The maximum atomic E-state index is 12.9. The first-order chi connectivity index (χ1) is 14.9. The number of amides is 3. The maximum Gasteiger partial charge on any atom is 0.283 e. The molecule has 1 atom stereocenters. The molecule has 4 rings (SSSR count). The number of carbonyl (C=O) groups is 3. The molecule has 1 unspecified atom stereocenters. The number of benzene rings is 2. The highest BCUT2D eigenvalue weighted by Gasteiger charge is 2.39. The Balaban J connectivity index is 1.50. The van der Waals surface area contributed by atoms with Crippen LogP contribution >= 0.6 is 11.6 Å². The second-order valence-electron chi connectivity index (χ2n) is 8.02. The SMILES string of the molecule is Cc1ccc(N2C(=O)C(Cl)=C(Nc3ccc(C(=O)N4CCCCC4C)cc3)C2=O)cc1. The zero-order chi connectivity index (χ0) is 22.1. The molecule has 0 spiro atoms. The van der Waals surface area contributed by atoms with Crippen molar-refractivity contribution in [2.75, 3.05) is 16.8 Å². The van der Waals surface area contributed by atoms with Crippen LogP contribution in [0.25, 0.3) is 0 Å². The van der Waals surface area contributed by atoms with Crippen LogP contribution in [-0.2, 0) is 9.59 Å². The van der Waals surface area contributed by atoms with E-state index in [0.29, 0.717) is 16.9 Å². The first-order valence-electron chi connectivity index (χ1n) is 10.4. The fraction of sp³-hybridized carbons (Fsp3) is 0.292. The molecular formula is C24H24ClN3O3. The Morgan fingerprint density at radius 3 is 2.32 bits per heavy atom. The van der Waals surface area contributed by atoms with E-state index in [2.05, 4.69) is 12.2 Å². The van der Waals surface area contributed by atoms with Gasteiger partial charge in [0.1, 0.15) is 10.7 Å². The van der Waals surface area contributed by atoms with E-state index in [-0.39, 0.29) is 22.7 Å². The smallest absolute Gasteiger partial charge is 0.283 e. The number of hydrogen-bond donors (Lipinski definition) is 1. The number of hydrogen-bond acceptors (Lipinski definition) is 4. The summed E-state index contributed by atoms with van der Waals surface area (Å²) < 4.78 is 0. The van der Waals surface area contributed by atoms with Crippen molar-refractivity contribution in [2.24, 2.45) is 0 Å². The number of piperidine rings is 1. The first-order valence-corrected chi connectivity index (χ1v) is 10.8. The topological polar surface area (TPSA) is 69.7 Å². The summed E-state index contributed by atoms with van der Waals surface area (Å²) in [5, 5.41) is 2.79. The number of halogens is 1. The number of carbonyl (C=O) groups excluding carboxylic acids is 3. The van der Waals surface area contributed by atoms with Gasteiger partial charge in [-0.25, -0.2) is 4.90 Å². The Bertz CT molecular complexity index is 1060. The number of nitrogens with zero attached hydrogens (tertiary/aromatic N) is 2. The molecule has 1 saturated heterocycles. The number of imide groups is 1. The molecule has 1 fully saturated rings. The van der Waals surface area contributed by atoms with Crippen LogP contribution in [0.15, 0.2) is 59.3 Å². The highest BCUT2D eigenvalue weighted by molar-refractivity contribution is 6.53. The molecule has 2 aromatic rings. The Morgan fingerprint density at radius 1 is 1.00 bits per heavy atom. The van der Waals surface area contributed by atoms with Gasteiger partial charge in [0.2, 0.25) is 0 Å². The Morgan fingerprint density at radius 2 is 1.68 bits per heavy atom. The van der Waals surface area contributed by atoms with Crippen LogP contribution in [0.5, 0.6) is 0 Å². The zero-order valence-corrected chi connectivity index (χ0v) is 18.3. The van der Waals surface area contributed by atoms with Crippen LogP contribution in [-0.4, -0.2) is 35.2 Å². The van der Waals surface area contributed by atoms with E-state index in [4.69, 9.17) is 11.6 Å². The molecule has 0 aliphatic carbocycles. The van der Waals surface area contributed by atoms with Crippen LogP contribution in [0.1, 0.15) is 42.1 Å². The lowest BCUT2D eigenvalue weighted by molar-refractivity contribution is -0.120. The maximum absolute atomic E-state index is 12.9. The van der Waals surface area contributed by atoms with Crippen molar-refractivity contribution in [1.29, 1.82) is 0 Å². The number of aryl methyl sites for hydroxylation is 1. The standard InChI is InChI=1S/C24H24ClN3O3/c1-15-6-12-19(13-7-15)28-23(30)20(25)21(24(28)31)26-18-10-8-17(9-11-18)22(29)27-14-4-3-5-16(27)2/h6-13,16,26H,3-5,14H2,1-2H3. The molecule has 2 heterocycles. The fourth-order valence-electron chi connectivity index (χ4n) is 3.95. The van der Waals surface area contributed by atoms with E-state index >= 15 is 0 Å². The van der Waals surface area contributed by atoms with Crippen molar-refractivity contribution >= 4 is 40.7 Å². The minimum atomic E-state index is -0.566. The lowest BCUT2D eigenvalue weighted by Crippen LogP contribution is -2.42. The van der Waals surface area contributed by atoms with E-state index in [1.807, 2.05) is 24.0 Å². The summed E-state index contributed by atoms with van der Waals surface area (Å²) in [4.78, 5) is 41.2. The molecule has 160 valence electrons. The molecule has 2 aliphatic rings. The lowest BCUT2D eigenvalue weighted by atomic mass is 10.0. The van der Waals surface area contributed by atoms with Gasteiger partial charge in [-0.15, -0.1) is 0 Å². The number of likely N-dealkylation sites (tertiary alicyclic amines) is 1. The molecule has 0 aromatic heterocycles. The van der Waals surface area contributed by atoms with Gasteiger partial charge < -0.3 is 10.2 Å². The molecule has 6 nitrogen and oxygen atoms in total. The fourth-order valence-corrected chi connectivity index (χ4v) is 4.16. The van der Waals surface area contributed by atoms with Gasteiger partial charge in [-0.1, -0.05) is 29.3 Å². The number of nitrogens with one attached hydrogen (secondary N) is 1. The van der Waals surface area contributed by atoms with Gasteiger partial charge in [-0.3, -0.25) is 14.4 Å². The summed E-state index contributed by atoms with van der Waals surface area (Å²) >= 11 is 6.19.